The Kier molecular flexibility index (Phi) is 4.60. The smallest absolute Gasteiger partial charge is 0.0639 e. The van der Waals surface area contributed by atoms with Crippen molar-refractivity contribution >= 4 is 43.8 Å². The van der Waals surface area contributed by atoms with Crippen LogP contribution in [0.1, 0.15) is 11.3 Å². The topological polar surface area (TPSA) is 17.3 Å². The first-order valence-electron chi connectivity index (χ1n) is 6.87. The van der Waals surface area contributed by atoms with Crippen molar-refractivity contribution in [1.82, 2.24) is 4.57 Å². The zero-order valence-corrected chi connectivity index (χ0v) is 15.2. The normalized spacial score (nSPS) is 11.2. The molecule has 0 unspecified atom stereocenters. The molecule has 1 heterocycles. The maximum atomic E-state index is 4.58. The van der Waals surface area contributed by atoms with Crippen LogP contribution in [-0.4, -0.2) is 10.8 Å². The van der Waals surface area contributed by atoms with E-state index in [1.54, 1.807) is 0 Å². The average molecular weight is 418 g/mol. The first-order valence-corrected chi connectivity index (χ1v) is 8.45. The van der Waals surface area contributed by atoms with Crippen molar-refractivity contribution in [2.24, 2.45) is 4.99 Å². The standard InChI is InChI=1S/C18H14Br2N2/c1-13-11-15(6-9-18(13)20)21-12-17-3-2-10-22(17)16-7-4-14(19)5-8-16/h2-12H,1H3. The Morgan fingerprint density at radius 1 is 1.00 bits per heavy atom. The lowest BCUT2D eigenvalue weighted by Crippen LogP contribution is -1.97. The molecule has 2 aromatic carbocycles. The predicted molar refractivity (Wildman–Crippen MR) is 99.6 cm³/mol. The van der Waals surface area contributed by atoms with Crippen LogP contribution in [0.15, 0.2) is 74.7 Å². The summed E-state index contributed by atoms with van der Waals surface area (Å²) < 4.78 is 4.29. The second-order valence-corrected chi connectivity index (χ2v) is 6.74. The Bertz CT molecular complexity index is 817. The molecule has 110 valence electrons. The second kappa shape index (κ2) is 6.63. The lowest BCUT2D eigenvalue weighted by atomic mass is 10.2. The second-order valence-electron chi connectivity index (χ2n) is 4.97. The van der Waals surface area contributed by atoms with E-state index >= 15 is 0 Å². The van der Waals surface area contributed by atoms with E-state index in [-0.39, 0.29) is 0 Å². The molecule has 0 aliphatic carbocycles. The summed E-state index contributed by atoms with van der Waals surface area (Å²) in [5, 5.41) is 0. The van der Waals surface area contributed by atoms with Crippen LogP contribution in [0.4, 0.5) is 5.69 Å². The van der Waals surface area contributed by atoms with Gasteiger partial charge in [-0.2, -0.15) is 0 Å². The first kappa shape index (κ1) is 15.3. The van der Waals surface area contributed by atoms with Crippen molar-refractivity contribution in [3.63, 3.8) is 0 Å². The van der Waals surface area contributed by atoms with E-state index in [1.807, 2.05) is 42.7 Å². The highest BCUT2D eigenvalue weighted by Crippen LogP contribution is 2.22. The lowest BCUT2D eigenvalue weighted by Gasteiger charge is -2.06. The van der Waals surface area contributed by atoms with Crippen LogP contribution in [0.2, 0.25) is 0 Å². The summed E-state index contributed by atoms with van der Waals surface area (Å²) in [6.07, 6.45) is 3.93. The SMILES string of the molecule is Cc1cc(N=Cc2cccn2-c2ccc(Br)cc2)ccc1Br. The Morgan fingerprint density at radius 2 is 1.77 bits per heavy atom. The molecular weight excluding hydrogens is 404 g/mol. The number of rotatable bonds is 3. The number of halogens is 2. The van der Waals surface area contributed by atoms with Crippen LogP contribution in [-0.2, 0) is 0 Å². The average Bonchev–Trinajstić information content (AvgIpc) is 2.98. The summed E-state index contributed by atoms with van der Waals surface area (Å²) in [4.78, 5) is 4.58. The van der Waals surface area contributed by atoms with Crippen LogP contribution < -0.4 is 0 Å². The van der Waals surface area contributed by atoms with Crippen molar-refractivity contribution in [2.75, 3.05) is 0 Å². The van der Waals surface area contributed by atoms with Gasteiger partial charge in [-0.1, -0.05) is 31.9 Å². The maximum Gasteiger partial charge on any atom is 0.0639 e. The van der Waals surface area contributed by atoms with Crippen molar-refractivity contribution in [3.8, 4) is 5.69 Å². The van der Waals surface area contributed by atoms with Crippen LogP contribution in [0.5, 0.6) is 0 Å². The molecule has 0 radical (unpaired) electrons. The molecule has 3 aromatic rings. The molecule has 0 N–H and O–H groups in total. The van der Waals surface area contributed by atoms with Crippen molar-refractivity contribution < 1.29 is 0 Å². The molecule has 0 aliphatic heterocycles. The maximum absolute atomic E-state index is 4.58. The van der Waals surface area contributed by atoms with Crippen molar-refractivity contribution in [3.05, 3.63) is 81.0 Å². The molecule has 4 heteroatoms. The van der Waals surface area contributed by atoms with Gasteiger partial charge in [0.25, 0.3) is 0 Å². The molecule has 0 atom stereocenters. The Morgan fingerprint density at radius 3 is 2.50 bits per heavy atom. The molecule has 2 nitrogen and oxygen atoms in total. The minimum absolute atomic E-state index is 0.948. The van der Waals surface area contributed by atoms with E-state index in [0.29, 0.717) is 0 Å². The van der Waals surface area contributed by atoms with Gasteiger partial charge in [0.15, 0.2) is 0 Å². The Balaban J connectivity index is 1.90. The molecule has 0 saturated heterocycles. The van der Waals surface area contributed by atoms with Crippen molar-refractivity contribution in [2.45, 2.75) is 6.92 Å². The Hall–Kier alpha value is -1.65. The van der Waals surface area contributed by atoms with E-state index in [9.17, 15) is 0 Å². The van der Waals surface area contributed by atoms with Gasteiger partial charge < -0.3 is 4.57 Å². The van der Waals surface area contributed by atoms with Gasteiger partial charge in [-0.15, -0.1) is 0 Å². The largest absolute Gasteiger partial charge is 0.316 e. The molecular formula is C18H14Br2N2. The molecule has 22 heavy (non-hydrogen) atoms. The molecule has 0 saturated carbocycles. The highest BCUT2D eigenvalue weighted by molar-refractivity contribution is 9.10. The highest BCUT2D eigenvalue weighted by atomic mass is 79.9. The number of nitrogens with zero attached hydrogens (tertiary/aromatic N) is 2. The van der Waals surface area contributed by atoms with E-state index in [4.69, 9.17) is 0 Å². The summed E-state index contributed by atoms with van der Waals surface area (Å²) in [7, 11) is 0. The molecule has 0 bridgehead atoms. The number of hydrogen-bond acceptors (Lipinski definition) is 1. The number of aliphatic imine (C=N–C) groups is 1. The quantitative estimate of drug-likeness (QED) is 0.460. The molecule has 1 aromatic heterocycles. The molecule has 0 amide bonds. The van der Waals surface area contributed by atoms with Gasteiger partial charge in [0.05, 0.1) is 17.6 Å². The van der Waals surface area contributed by atoms with Crippen LogP contribution >= 0.6 is 31.9 Å². The number of aromatic nitrogens is 1. The summed E-state index contributed by atoms with van der Waals surface area (Å²) >= 11 is 6.97. The third-order valence-electron chi connectivity index (χ3n) is 3.37. The third kappa shape index (κ3) is 3.39. The predicted octanol–water partition coefficient (Wildman–Crippen LogP) is 6.06. The number of benzene rings is 2. The number of hydrogen-bond donors (Lipinski definition) is 0. The van der Waals surface area contributed by atoms with E-state index in [0.717, 1.165) is 26.0 Å². The molecule has 3 rings (SSSR count). The molecule has 0 fully saturated rings. The fraction of sp³-hybridized carbons (Fsp3) is 0.0556. The summed E-state index contributed by atoms with van der Waals surface area (Å²) in [5.41, 5.74) is 4.28. The van der Waals surface area contributed by atoms with Crippen LogP contribution in [0.25, 0.3) is 5.69 Å². The highest BCUT2D eigenvalue weighted by Gasteiger charge is 2.01. The monoisotopic (exact) mass is 416 g/mol. The molecule has 0 aliphatic rings. The summed E-state index contributed by atoms with van der Waals surface area (Å²) in [6, 6.07) is 18.4. The minimum Gasteiger partial charge on any atom is -0.316 e. The van der Waals surface area contributed by atoms with Crippen LogP contribution in [0.3, 0.4) is 0 Å². The van der Waals surface area contributed by atoms with Gasteiger partial charge >= 0.3 is 0 Å². The summed E-state index contributed by atoms with van der Waals surface area (Å²) in [5.74, 6) is 0. The Labute approximate surface area is 146 Å². The van der Waals surface area contributed by atoms with Gasteiger partial charge in [0, 0.05) is 20.8 Å². The third-order valence-corrected chi connectivity index (χ3v) is 4.79. The minimum atomic E-state index is 0.948. The van der Waals surface area contributed by atoms with Gasteiger partial charge in [0.1, 0.15) is 0 Å². The lowest BCUT2D eigenvalue weighted by molar-refractivity contribution is 1.07. The fourth-order valence-corrected chi connectivity index (χ4v) is 2.70. The van der Waals surface area contributed by atoms with Gasteiger partial charge in [-0.05, 0) is 67.1 Å². The molecule has 0 spiro atoms. The fourth-order valence-electron chi connectivity index (χ4n) is 2.19. The van der Waals surface area contributed by atoms with Crippen molar-refractivity contribution in [1.29, 1.82) is 0 Å². The zero-order valence-electron chi connectivity index (χ0n) is 12.0. The van der Waals surface area contributed by atoms with Gasteiger partial charge in [-0.25, -0.2) is 0 Å². The van der Waals surface area contributed by atoms with E-state index in [2.05, 4.69) is 72.6 Å². The van der Waals surface area contributed by atoms with Gasteiger partial charge in [0.2, 0.25) is 0 Å². The van der Waals surface area contributed by atoms with Crippen LogP contribution in [0, 0.1) is 6.92 Å². The zero-order chi connectivity index (χ0) is 15.5. The number of aryl methyl sites for hydroxylation is 1. The first-order chi connectivity index (χ1) is 10.6. The summed E-state index contributed by atoms with van der Waals surface area (Å²) in [6.45, 7) is 2.06. The van der Waals surface area contributed by atoms with Gasteiger partial charge in [-0.3, -0.25) is 4.99 Å². The van der Waals surface area contributed by atoms with E-state index in [1.165, 1.54) is 5.56 Å². The van der Waals surface area contributed by atoms with E-state index < -0.39 is 0 Å².